The van der Waals surface area contributed by atoms with Crippen molar-refractivity contribution in [3.8, 4) is 17.2 Å². The predicted molar refractivity (Wildman–Crippen MR) is 57.2 cm³/mol. The number of aromatic nitrogens is 1. The molecular weight excluding hydrogens is 207 g/mol. The summed E-state index contributed by atoms with van der Waals surface area (Å²) in [6.45, 7) is 0. The quantitative estimate of drug-likeness (QED) is 0.789. The van der Waals surface area contributed by atoms with E-state index in [9.17, 15) is 9.18 Å². The molecule has 0 bridgehead atoms. The molecule has 0 saturated carbocycles. The van der Waals surface area contributed by atoms with Gasteiger partial charge in [-0.3, -0.25) is 4.79 Å². The fourth-order valence-electron chi connectivity index (χ4n) is 1.49. The lowest BCUT2D eigenvalue weighted by molar-refractivity contribution is 0.628. The standard InChI is InChI=1S/C12H7FN2O/c13-9-3-1-2-8(6-9)10-4-5-15-12(16)11(10)7-14/h1-6H,(H,15,16). The van der Waals surface area contributed by atoms with Crippen molar-refractivity contribution in [1.29, 1.82) is 5.26 Å². The maximum atomic E-state index is 13.0. The van der Waals surface area contributed by atoms with Crippen LogP contribution in [0.25, 0.3) is 11.1 Å². The molecule has 0 saturated heterocycles. The lowest BCUT2D eigenvalue weighted by Crippen LogP contribution is -2.10. The van der Waals surface area contributed by atoms with Crippen LogP contribution in [0.2, 0.25) is 0 Å². The van der Waals surface area contributed by atoms with Crippen molar-refractivity contribution < 1.29 is 4.39 Å². The van der Waals surface area contributed by atoms with E-state index in [1.165, 1.54) is 24.4 Å². The summed E-state index contributed by atoms with van der Waals surface area (Å²) in [5.74, 6) is -0.401. The fourth-order valence-corrected chi connectivity index (χ4v) is 1.49. The third-order valence-corrected chi connectivity index (χ3v) is 2.21. The first kappa shape index (κ1) is 10.1. The number of pyridine rings is 1. The summed E-state index contributed by atoms with van der Waals surface area (Å²) < 4.78 is 13.0. The Balaban J connectivity index is 2.71. The zero-order valence-corrected chi connectivity index (χ0v) is 8.20. The highest BCUT2D eigenvalue weighted by Gasteiger charge is 2.08. The summed E-state index contributed by atoms with van der Waals surface area (Å²) in [5, 5.41) is 8.87. The largest absolute Gasteiger partial charge is 0.328 e. The lowest BCUT2D eigenvalue weighted by Gasteiger charge is -2.02. The molecule has 0 amide bonds. The summed E-state index contributed by atoms with van der Waals surface area (Å²) in [5.41, 5.74) is 0.478. The highest BCUT2D eigenvalue weighted by atomic mass is 19.1. The van der Waals surface area contributed by atoms with Crippen LogP contribution in [-0.4, -0.2) is 4.98 Å². The van der Waals surface area contributed by atoms with Crippen molar-refractivity contribution in [3.63, 3.8) is 0 Å². The number of hydrogen-bond acceptors (Lipinski definition) is 2. The van der Waals surface area contributed by atoms with Crippen molar-refractivity contribution >= 4 is 0 Å². The smallest absolute Gasteiger partial charge is 0.266 e. The molecule has 2 aromatic rings. The molecule has 0 aliphatic carbocycles. The van der Waals surface area contributed by atoms with Crippen molar-refractivity contribution in [3.05, 3.63) is 58.3 Å². The molecule has 0 atom stereocenters. The van der Waals surface area contributed by atoms with E-state index in [4.69, 9.17) is 5.26 Å². The van der Waals surface area contributed by atoms with Crippen LogP contribution in [0.4, 0.5) is 4.39 Å². The van der Waals surface area contributed by atoms with Crippen LogP contribution in [0, 0.1) is 17.1 Å². The summed E-state index contributed by atoms with van der Waals surface area (Å²) in [4.78, 5) is 13.8. The molecule has 1 N–H and O–H groups in total. The maximum Gasteiger partial charge on any atom is 0.266 e. The Kier molecular flexibility index (Phi) is 2.52. The first-order valence-corrected chi connectivity index (χ1v) is 4.60. The van der Waals surface area contributed by atoms with Crippen LogP contribution in [0.5, 0.6) is 0 Å². The fraction of sp³-hybridized carbons (Fsp3) is 0. The van der Waals surface area contributed by atoms with Gasteiger partial charge in [0.15, 0.2) is 0 Å². The second-order valence-electron chi connectivity index (χ2n) is 3.22. The molecular formula is C12H7FN2O. The Morgan fingerprint density at radius 3 is 2.81 bits per heavy atom. The molecule has 16 heavy (non-hydrogen) atoms. The molecule has 0 unspecified atom stereocenters. The van der Waals surface area contributed by atoms with E-state index < -0.39 is 11.4 Å². The molecule has 4 heteroatoms. The van der Waals surface area contributed by atoms with E-state index in [1.54, 1.807) is 12.1 Å². The number of nitrogens with one attached hydrogen (secondary N) is 1. The number of nitrogens with zero attached hydrogens (tertiary/aromatic N) is 1. The average molecular weight is 214 g/mol. The van der Waals surface area contributed by atoms with Crippen molar-refractivity contribution in [1.82, 2.24) is 4.98 Å². The normalized spacial score (nSPS) is 9.75. The summed E-state index contributed by atoms with van der Waals surface area (Å²) in [6, 6.07) is 9.18. The first-order valence-electron chi connectivity index (χ1n) is 4.60. The van der Waals surface area contributed by atoms with E-state index >= 15 is 0 Å². The SMILES string of the molecule is N#Cc1c(-c2cccc(F)c2)cc[nH]c1=O. The maximum absolute atomic E-state index is 13.0. The topological polar surface area (TPSA) is 56.6 Å². The zero-order valence-electron chi connectivity index (χ0n) is 8.20. The Labute approximate surface area is 90.8 Å². The summed E-state index contributed by atoms with van der Waals surface area (Å²) in [6.07, 6.45) is 1.43. The van der Waals surface area contributed by atoms with E-state index in [1.807, 2.05) is 6.07 Å². The molecule has 0 aliphatic heterocycles. The Hall–Kier alpha value is -2.41. The number of benzene rings is 1. The van der Waals surface area contributed by atoms with Gasteiger partial charge in [-0.25, -0.2) is 4.39 Å². The molecule has 1 aromatic heterocycles. The van der Waals surface area contributed by atoms with Crippen LogP contribution < -0.4 is 5.56 Å². The Bertz CT molecular complexity index is 625. The zero-order chi connectivity index (χ0) is 11.5. The van der Waals surface area contributed by atoms with E-state index in [2.05, 4.69) is 4.98 Å². The van der Waals surface area contributed by atoms with Crippen molar-refractivity contribution in [2.24, 2.45) is 0 Å². The van der Waals surface area contributed by atoms with Gasteiger partial charge in [0.05, 0.1) is 0 Å². The minimum absolute atomic E-state index is 0.00639. The van der Waals surface area contributed by atoms with E-state index in [0.717, 1.165) is 0 Å². The van der Waals surface area contributed by atoms with Gasteiger partial charge < -0.3 is 4.98 Å². The van der Waals surface area contributed by atoms with Gasteiger partial charge in [-0.2, -0.15) is 5.26 Å². The van der Waals surface area contributed by atoms with Gasteiger partial charge in [0.2, 0.25) is 0 Å². The van der Waals surface area contributed by atoms with Gasteiger partial charge in [-0.1, -0.05) is 12.1 Å². The minimum Gasteiger partial charge on any atom is -0.328 e. The number of rotatable bonds is 1. The first-order chi connectivity index (χ1) is 7.72. The summed E-state index contributed by atoms with van der Waals surface area (Å²) in [7, 11) is 0. The van der Waals surface area contributed by atoms with Gasteiger partial charge in [0, 0.05) is 11.8 Å². The monoisotopic (exact) mass is 214 g/mol. The second kappa shape index (κ2) is 3.99. The van der Waals surface area contributed by atoms with Gasteiger partial charge in [-0.05, 0) is 23.8 Å². The number of hydrogen-bond donors (Lipinski definition) is 1. The average Bonchev–Trinajstić information content (AvgIpc) is 2.28. The second-order valence-corrected chi connectivity index (χ2v) is 3.22. The molecule has 1 aromatic carbocycles. The van der Waals surface area contributed by atoms with Gasteiger partial charge in [-0.15, -0.1) is 0 Å². The van der Waals surface area contributed by atoms with Crippen molar-refractivity contribution in [2.75, 3.05) is 0 Å². The molecule has 3 nitrogen and oxygen atoms in total. The number of halogens is 1. The van der Waals surface area contributed by atoms with Gasteiger partial charge in [0.1, 0.15) is 17.4 Å². The highest BCUT2D eigenvalue weighted by molar-refractivity contribution is 5.69. The van der Waals surface area contributed by atoms with Crippen LogP contribution in [0.1, 0.15) is 5.56 Å². The molecule has 2 rings (SSSR count). The van der Waals surface area contributed by atoms with Gasteiger partial charge >= 0.3 is 0 Å². The molecule has 0 spiro atoms. The third kappa shape index (κ3) is 1.71. The predicted octanol–water partition coefficient (Wildman–Crippen LogP) is 2.05. The van der Waals surface area contributed by atoms with Crippen LogP contribution in [0.3, 0.4) is 0 Å². The number of nitriles is 1. The van der Waals surface area contributed by atoms with Crippen LogP contribution in [0.15, 0.2) is 41.3 Å². The summed E-state index contributed by atoms with van der Waals surface area (Å²) >= 11 is 0. The molecule has 78 valence electrons. The van der Waals surface area contributed by atoms with Crippen LogP contribution >= 0.6 is 0 Å². The lowest BCUT2D eigenvalue weighted by atomic mass is 10.0. The van der Waals surface area contributed by atoms with Crippen molar-refractivity contribution in [2.45, 2.75) is 0 Å². The molecule has 0 radical (unpaired) electrons. The number of H-pyrrole nitrogens is 1. The van der Waals surface area contributed by atoms with E-state index in [0.29, 0.717) is 11.1 Å². The molecule has 1 heterocycles. The minimum atomic E-state index is -0.468. The third-order valence-electron chi connectivity index (χ3n) is 2.21. The van der Waals surface area contributed by atoms with Crippen LogP contribution in [-0.2, 0) is 0 Å². The van der Waals surface area contributed by atoms with Gasteiger partial charge in [0.25, 0.3) is 5.56 Å². The Morgan fingerprint density at radius 1 is 1.31 bits per heavy atom. The Morgan fingerprint density at radius 2 is 2.12 bits per heavy atom. The highest BCUT2D eigenvalue weighted by Crippen LogP contribution is 2.21. The number of aromatic amines is 1. The molecule has 0 fully saturated rings. The molecule has 0 aliphatic rings. The van der Waals surface area contributed by atoms with E-state index in [-0.39, 0.29) is 5.56 Å².